The zero-order valence-corrected chi connectivity index (χ0v) is 8.88. The molecule has 1 rings (SSSR count). The largest absolute Gasteiger partial charge is 0.297 e. The maximum Gasteiger partial charge on any atom is 0.160 e. The van der Waals surface area contributed by atoms with E-state index in [1.165, 1.54) is 4.88 Å². The molecule has 0 fully saturated rings. The molecule has 0 saturated heterocycles. The second-order valence-corrected chi connectivity index (χ2v) is 4.16. The molecular weight excluding hydrogens is 196 g/mol. The minimum atomic E-state index is -0.0217. The first kappa shape index (κ1) is 10.9. The Hall–Kier alpha value is -1.18. The van der Waals surface area contributed by atoms with E-state index in [1.54, 1.807) is 11.3 Å². The summed E-state index contributed by atoms with van der Waals surface area (Å²) < 4.78 is 0. The van der Waals surface area contributed by atoms with Crippen LogP contribution < -0.4 is 0 Å². The maximum atomic E-state index is 11.1. The van der Waals surface area contributed by atoms with Crippen LogP contribution in [0.1, 0.15) is 11.3 Å². The predicted molar refractivity (Wildman–Crippen MR) is 55.9 cm³/mol. The van der Waals surface area contributed by atoms with Crippen molar-refractivity contribution >= 4 is 17.1 Å². The molecule has 4 heteroatoms. The maximum absolute atomic E-state index is 11.1. The van der Waals surface area contributed by atoms with E-state index in [4.69, 9.17) is 5.26 Å². The van der Waals surface area contributed by atoms with Crippen LogP contribution in [0.4, 0.5) is 0 Å². The standard InChI is InChI=1S/C10H12N2OS/c1-12(7-9(13)4-5-11)8-10-3-2-6-14-10/h2-3,6H,4,7-8H2,1H3. The van der Waals surface area contributed by atoms with Gasteiger partial charge < -0.3 is 0 Å². The summed E-state index contributed by atoms with van der Waals surface area (Å²) in [5.41, 5.74) is 0. The molecule has 0 bridgehead atoms. The number of thiophene rings is 1. The summed E-state index contributed by atoms with van der Waals surface area (Å²) in [6.07, 6.45) is 0.00871. The highest BCUT2D eigenvalue weighted by atomic mass is 32.1. The summed E-state index contributed by atoms with van der Waals surface area (Å²) in [5.74, 6) is -0.0217. The van der Waals surface area contributed by atoms with Gasteiger partial charge in [0.1, 0.15) is 0 Å². The van der Waals surface area contributed by atoms with Gasteiger partial charge in [0, 0.05) is 11.4 Å². The number of ketones is 1. The van der Waals surface area contributed by atoms with Gasteiger partial charge in [-0.25, -0.2) is 0 Å². The molecule has 0 radical (unpaired) electrons. The van der Waals surface area contributed by atoms with Gasteiger partial charge in [0.15, 0.2) is 5.78 Å². The smallest absolute Gasteiger partial charge is 0.160 e. The van der Waals surface area contributed by atoms with Crippen molar-refractivity contribution in [2.24, 2.45) is 0 Å². The van der Waals surface area contributed by atoms with E-state index in [0.29, 0.717) is 6.54 Å². The number of likely N-dealkylation sites (N-methyl/N-ethyl adjacent to an activating group) is 1. The lowest BCUT2D eigenvalue weighted by Gasteiger charge is -2.13. The fraction of sp³-hybridized carbons (Fsp3) is 0.400. The molecule has 0 spiro atoms. The minimum Gasteiger partial charge on any atom is -0.297 e. The Morgan fingerprint density at radius 1 is 1.71 bits per heavy atom. The monoisotopic (exact) mass is 208 g/mol. The molecule has 0 atom stereocenters. The van der Waals surface area contributed by atoms with E-state index in [9.17, 15) is 4.79 Å². The fourth-order valence-corrected chi connectivity index (χ4v) is 1.95. The number of nitriles is 1. The lowest BCUT2D eigenvalue weighted by atomic mass is 10.3. The number of rotatable bonds is 5. The van der Waals surface area contributed by atoms with Crippen LogP contribution in [-0.4, -0.2) is 24.3 Å². The molecule has 0 amide bonds. The number of hydrogen-bond acceptors (Lipinski definition) is 4. The quantitative estimate of drug-likeness (QED) is 0.739. The fourth-order valence-electron chi connectivity index (χ4n) is 1.17. The summed E-state index contributed by atoms with van der Waals surface area (Å²) in [6.45, 7) is 1.13. The average molecular weight is 208 g/mol. The number of carbonyl (C=O) groups is 1. The average Bonchev–Trinajstić information content (AvgIpc) is 2.56. The first-order chi connectivity index (χ1) is 6.72. The molecule has 1 heterocycles. The van der Waals surface area contributed by atoms with Crippen LogP contribution in [0.5, 0.6) is 0 Å². The normalized spacial score (nSPS) is 10.1. The van der Waals surface area contributed by atoms with Gasteiger partial charge >= 0.3 is 0 Å². The molecule has 0 N–H and O–H groups in total. The first-order valence-corrected chi connectivity index (χ1v) is 5.20. The number of Topliss-reactive ketones (excluding diaryl/α,β-unsaturated/α-hetero) is 1. The molecule has 0 unspecified atom stereocenters. The molecule has 0 aliphatic rings. The number of carbonyl (C=O) groups excluding carboxylic acids is 1. The Morgan fingerprint density at radius 3 is 3.07 bits per heavy atom. The van der Waals surface area contributed by atoms with Gasteiger partial charge in [-0.05, 0) is 18.5 Å². The Bertz CT molecular complexity index is 326. The third-order valence-corrected chi connectivity index (χ3v) is 2.59. The molecule has 14 heavy (non-hydrogen) atoms. The molecule has 74 valence electrons. The van der Waals surface area contributed by atoms with Crippen LogP contribution >= 0.6 is 11.3 Å². The van der Waals surface area contributed by atoms with E-state index in [-0.39, 0.29) is 12.2 Å². The van der Waals surface area contributed by atoms with E-state index < -0.39 is 0 Å². The molecule has 0 aromatic carbocycles. The van der Waals surface area contributed by atoms with Gasteiger partial charge in [-0.15, -0.1) is 11.3 Å². The number of hydrogen-bond donors (Lipinski definition) is 0. The van der Waals surface area contributed by atoms with Gasteiger partial charge in [0.25, 0.3) is 0 Å². The summed E-state index contributed by atoms with van der Waals surface area (Å²) in [6, 6.07) is 5.89. The van der Waals surface area contributed by atoms with Gasteiger partial charge in [-0.2, -0.15) is 5.26 Å². The minimum absolute atomic E-state index is 0.00871. The molecule has 1 aromatic rings. The molecule has 1 aromatic heterocycles. The van der Waals surface area contributed by atoms with Crippen LogP contribution in [0.25, 0.3) is 0 Å². The van der Waals surface area contributed by atoms with Crippen LogP contribution in [0.3, 0.4) is 0 Å². The van der Waals surface area contributed by atoms with Crippen molar-refractivity contribution in [1.29, 1.82) is 5.26 Å². The zero-order valence-electron chi connectivity index (χ0n) is 8.06. The van der Waals surface area contributed by atoms with Crippen LogP contribution in [-0.2, 0) is 11.3 Å². The van der Waals surface area contributed by atoms with Gasteiger partial charge in [-0.1, -0.05) is 6.07 Å². The van der Waals surface area contributed by atoms with Crippen molar-refractivity contribution in [3.05, 3.63) is 22.4 Å². The van der Waals surface area contributed by atoms with E-state index in [2.05, 4.69) is 0 Å². The molecule has 0 aliphatic heterocycles. The predicted octanol–water partition coefficient (Wildman–Crippen LogP) is 1.66. The first-order valence-electron chi connectivity index (χ1n) is 4.32. The molecule has 3 nitrogen and oxygen atoms in total. The van der Waals surface area contributed by atoms with Crippen molar-refractivity contribution in [1.82, 2.24) is 4.90 Å². The second-order valence-electron chi connectivity index (χ2n) is 3.13. The Kier molecular flexibility index (Phi) is 4.30. The summed E-state index contributed by atoms with van der Waals surface area (Å²) in [4.78, 5) is 14.3. The third kappa shape index (κ3) is 3.69. The summed E-state index contributed by atoms with van der Waals surface area (Å²) in [5, 5.41) is 10.3. The van der Waals surface area contributed by atoms with Crippen molar-refractivity contribution in [2.75, 3.05) is 13.6 Å². The third-order valence-electron chi connectivity index (χ3n) is 1.73. The second kappa shape index (κ2) is 5.53. The highest BCUT2D eigenvalue weighted by Crippen LogP contribution is 2.10. The van der Waals surface area contributed by atoms with Crippen molar-refractivity contribution in [3.63, 3.8) is 0 Å². The van der Waals surface area contributed by atoms with Crippen LogP contribution in [0, 0.1) is 11.3 Å². The van der Waals surface area contributed by atoms with Crippen LogP contribution in [0.2, 0.25) is 0 Å². The van der Waals surface area contributed by atoms with E-state index >= 15 is 0 Å². The topological polar surface area (TPSA) is 44.1 Å². The lowest BCUT2D eigenvalue weighted by molar-refractivity contribution is -0.119. The Morgan fingerprint density at radius 2 is 2.50 bits per heavy atom. The molecule has 0 saturated carbocycles. The van der Waals surface area contributed by atoms with E-state index in [0.717, 1.165) is 6.54 Å². The van der Waals surface area contributed by atoms with Gasteiger partial charge in [-0.3, -0.25) is 9.69 Å². The zero-order chi connectivity index (χ0) is 10.4. The highest BCUT2D eigenvalue weighted by molar-refractivity contribution is 7.09. The van der Waals surface area contributed by atoms with Crippen LogP contribution in [0.15, 0.2) is 17.5 Å². The summed E-state index contributed by atoms with van der Waals surface area (Å²) >= 11 is 1.67. The van der Waals surface area contributed by atoms with E-state index in [1.807, 2.05) is 35.5 Å². The van der Waals surface area contributed by atoms with Crippen molar-refractivity contribution in [3.8, 4) is 6.07 Å². The Labute approximate surface area is 87.6 Å². The SMILES string of the molecule is CN(CC(=O)CC#N)Cc1cccs1. The molecule has 0 aliphatic carbocycles. The van der Waals surface area contributed by atoms with Crippen molar-refractivity contribution in [2.45, 2.75) is 13.0 Å². The molecular formula is C10H12N2OS. The Balaban J connectivity index is 2.33. The highest BCUT2D eigenvalue weighted by Gasteiger charge is 2.06. The summed E-state index contributed by atoms with van der Waals surface area (Å²) in [7, 11) is 1.88. The van der Waals surface area contributed by atoms with Crippen molar-refractivity contribution < 1.29 is 4.79 Å². The van der Waals surface area contributed by atoms with Gasteiger partial charge in [0.05, 0.1) is 19.0 Å². The van der Waals surface area contributed by atoms with Gasteiger partial charge in [0.2, 0.25) is 0 Å². The number of nitrogens with zero attached hydrogens (tertiary/aromatic N) is 2. The lowest BCUT2D eigenvalue weighted by Crippen LogP contribution is -2.24.